The van der Waals surface area contributed by atoms with Crippen LogP contribution in [0.4, 0.5) is 5.69 Å². The van der Waals surface area contributed by atoms with Crippen molar-refractivity contribution in [2.24, 2.45) is 0 Å². The smallest absolute Gasteiger partial charge is 0.262 e. The van der Waals surface area contributed by atoms with Crippen LogP contribution in [0.1, 0.15) is 13.3 Å². The minimum Gasteiger partial charge on any atom is -0.484 e. The van der Waals surface area contributed by atoms with Gasteiger partial charge in [0.05, 0.1) is 4.90 Å². The predicted molar refractivity (Wildman–Crippen MR) is 97.5 cm³/mol. The maximum atomic E-state index is 12.0. The Labute approximate surface area is 152 Å². The molecule has 0 radical (unpaired) electrons. The predicted octanol–water partition coefficient (Wildman–Crippen LogP) is 3.05. The number of carbonyl (C=O) groups excluding carboxylic acids is 1. The molecule has 0 bridgehead atoms. The van der Waals surface area contributed by atoms with Crippen LogP contribution < -0.4 is 14.8 Å². The Bertz CT molecular complexity index is 823. The van der Waals surface area contributed by atoms with Crippen LogP contribution in [0, 0.1) is 0 Å². The van der Waals surface area contributed by atoms with Gasteiger partial charge in [-0.15, -0.1) is 0 Å². The van der Waals surface area contributed by atoms with Gasteiger partial charge < -0.3 is 10.1 Å². The van der Waals surface area contributed by atoms with E-state index in [9.17, 15) is 13.2 Å². The molecule has 8 heteroatoms. The van der Waals surface area contributed by atoms with Crippen molar-refractivity contribution in [1.82, 2.24) is 4.72 Å². The van der Waals surface area contributed by atoms with Gasteiger partial charge in [-0.1, -0.05) is 24.6 Å². The molecule has 2 aromatic carbocycles. The number of hydrogen-bond donors (Lipinski definition) is 2. The minimum atomic E-state index is -3.51. The van der Waals surface area contributed by atoms with E-state index in [1.807, 2.05) is 6.92 Å². The standard InChI is InChI=1S/C17H19ClN2O4S/c1-2-10-19-25(22,23)16-8-6-15(7-9-16)24-12-17(21)20-14-5-3-4-13(18)11-14/h3-9,11,19H,2,10,12H2,1H3,(H,20,21). The third-order valence-electron chi connectivity index (χ3n) is 3.15. The second-order valence-electron chi connectivity index (χ2n) is 5.22. The van der Waals surface area contributed by atoms with E-state index in [-0.39, 0.29) is 17.4 Å². The Morgan fingerprint density at radius 2 is 1.88 bits per heavy atom. The van der Waals surface area contributed by atoms with Gasteiger partial charge >= 0.3 is 0 Å². The molecule has 0 aliphatic heterocycles. The highest BCUT2D eigenvalue weighted by molar-refractivity contribution is 7.89. The summed E-state index contributed by atoms with van der Waals surface area (Å²) in [6, 6.07) is 12.7. The number of halogens is 1. The number of nitrogens with one attached hydrogen (secondary N) is 2. The molecule has 0 aromatic heterocycles. The second-order valence-corrected chi connectivity index (χ2v) is 7.42. The molecule has 0 atom stereocenters. The molecule has 0 saturated carbocycles. The number of sulfonamides is 1. The van der Waals surface area contributed by atoms with Crippen LogP contribution in [0.3, 0.4) is 0 Å². The maximum absolute atomic E-state index is 12.0. The molecule has 6 nitrogen and oxygen atoms in total. The lowest BCUT2D eigenvalue weighted by atomic mass is 10.3. The van der Waals surface area contributed by atoms with Gasteiger partial charge in [-0.2, -0.15) is 0 Å². The van der Waals surface area contributed by atoms with E-state index < -0.39 is 10.0 Å². The summed E-state index contributed by atoms with van der Waals surface area (Å²) in [6.07, 6.45) is 0.710. The molecule has 0 aliphatic rings. The first-order valence-corrected chi connectivity index (χ1v) is 9.55. The third-order valence-corrected chi connectivity index (χ3v) is 4.87. The molecule has 0 saturated heterocycles. The first-order valence-electron chi connectivity index (χ1n) is 7.68. The lowest BCUT2D eigenvalue weighted by Gasteiger charge is -2.09. The molecule has 1 amide bonds. The van der Waals surface area contributed by atoms with Crippen molar-refractivity contribution in [2.45, 2.75) is 18.2 Å². The summed E-state index contributed by atoms with van der Waals surface area (Å²) in [4.78, 5) is 12.0. The van der Waals surface area contributed by atoms with Crippen LogP contribution in [0.15, 0.2) is 53.4 Å². The van der Waals surface area contributed by atoms with Gasteiger partial charge in [-0.3, -0.25) is 4.79 Å². The first kappa shape index (κ1) is 19.2. The van der Waals surface area contributed by atoms with E-state index in [0.717, 1.165) is 0 Å². The summed E-state index contributed by atoms with van der Waals surface area (Å²) >= 11 is 5.85. The van der Waals surface area contributed by atoms with Gasteiger partial charge in [0.15, 0.2) is 6.61 Å². The fraction of sp³-hybridized carbons (Fsp3) is 0.235. The van der Waals surface area contributed by atoms with E-state index in [2.05, 4.69) is 10.0 Å². The highest BCUT2D eigenvalue weighted by Gasteiger charge is 2.13. The molecule has 0 unspecified atom stereocenters. The quantitative estimate of drug-likeness (QED) is 0.734. The molecule has 134 valence electrons. The zero-order valence-corrected chi connectivity index (χ0v) is 15.2. The molecule has 2 rings (SSSR count). The first-order chi connectivity index (χ1) is 11.9. The van der Waals surface area contributed by atoms with Crippen molar-refractivity contribution >= 4 is 33.2 Å². The normalized spacial score (nSPS) is 11.1. The minimum absolute atomic E-state index is 0.150. The number of anilines is 1. The highest BCUT2D eigenvalue weighted by atomic mass is 35.5. The zero-order valence-electron chi connectivity index (χ0n) is 13.7. The van der Waals surface area contributed by atoms with Crippen LogP contribution in [-0.4, -0.2) is 27.5 Å². The number of amides is 1. The van der Waals surface area contributed by atoms with E-state index in [1.54, 1.807) is 24.3 Å². The molecule has 0 heterocycles. The molecule has 0 spiro atoms. The van der Waals surface area contributed by atoms with Crippen molar-refractivity contribution in [2.75, 3.05) is 18.5 Å². The summed E-state index contributed by atoms with van der Waals surface area (Å²) in [5.74, 6) is 0.0549. The van der Waals surface area contributed by atoms with Crippen molar-refractivity contribution < 1.29 is 17.9 Å². The van der Waals surface area contributed by atoms with Gasteiger partial charge in [-0.05, 0) is 48.9 Å². The Kier molecular flexibility index (Phi) is 6.81. The third kappa shape index (κ3) is 6.04. The van der Waals surface area contributed by atoms with Crippen LogP contribution >= 0.6 is 11.6 Å². The average molecular weight is 383 g/mol. The van der Waals surface area contributed by atoms with E-state index in [4.69, 9.17) is 16.3 Å². The molecule has 0 fully saturated rings. The Hall–Kier alpha value is -2.09. The van der Waals surface area contributed by atoms with Crippen LogP contribution in [0.5, 0.6) is 5.75 Å². The number of carbonyl (C=O) groups is 1. The van der Waals surface area contributed by atoms with Crippen LogP contribution in [0.25, 0.3) is 0 Å². The molecular weight excluding hydrogens is 364 g/mol. The Morgan fingerprint density at radius 3 is 2.52 bits per heavy atom. The van der Waals surface area contributed by atoms with Crippen LogP contribution in [0.2, 0.25) is 5.02 Å². The Morgan fingerprint density at radius 1 is 1.16 bits per heavy atom. The zero-order chi connectivity index (χ0) is 18.3. The van der Waals surface area contributed by atoms with E-state index >= 15 is 0 Å². The Balaban J connectivity index is 1.90. The SMILES string of the molecule is CCCNS(=O)(=O)c1ccc(OCC(=O)Nc2cccc(Cl)c2)cc1. The van der Waals surface area contributed by atoms with Gasteiger partial charge in [0.2, 0.25) is 10.0 Å². The summed E-state index contributed by atoms with van der Waals surface area (Å²) in [5, 5.41) is 3.18. The monoisotopic (exact) mass is 382 g/mol. The van der Waals surface area contributed by atoms with Crippen molar-refractivity contribution in [3.63, 3.8) is 0 Å². The molecule has 2 N–H and O–H groups in total. The summed E-state index contributed by atoms with van der Waals surface area (Å²) in [7, 11) is -3.51. The molecule has 0 aliphatic carbocycles. The molecule has 25 heavy (non-hydrogen) atoms. The fourth-order valence-corrected chi connectivity index (χ4v) is 3.27. The van der Waals surface area contributed by atoms with Crippen molar-refractivity contribution in [1.29, 1.82) is 0 Å². The van der Waals surface area contributed by atoms with Crippen LogP contribution in [-0.2, 0) is 14.8 Å². The summed E-state index contributed by atoms with van der Waals surface area (Å²) in [5.41, 5.74) is 0.574. The van der Waals surface area contributed by atoms with Gasteiger partial charge in [0, 0.05) is 17.3 Å². The van der Waals surface area contributed by atoms with Crippen molar-refractivity contribution in [3.05, 3.63) is 53.6 Å². The number of ether oxygens (including phenoxy) is 1. The number of hydrogen-bond acceptors (Lipinski definition) is 4. The highest BCUT2D eigenvalue weighted by Crippen LogP contribution is 2.17. The van der Waals surface area contributed by atoms with Crippen molar-refractivity contribution in [3.8, 4) is 5.75 Å². The largest absolute Gasteiger partial charge is 0.484 e. The van der Waals surface area contributed by atoms with Gasteiger partial charge in [0.25, 0.3) is 5.91 Å². The average Bonchev–Trinajstić information content (AvgIpc) is 2.59. The summed E-state index contributed by atoms with van der Waals surface area (Å²) < 4.78 is 31.8. The molecular formula is C17H19ClN2O4S. The maximum Gasteiger partial charge on any atom is 0.262 e. The summed E-state index contributed by atoms with van der Waals surface area (Å²) in [6.45, 7) is 2.06. The van der Waals surface area contributed by atoms with Gasteiger partial charge in [0.1, 0.15) is 5.75 Å². The lowest BCUT2D eigenvalue weighted by Crippen LogP contribution is -2.24. The van der Waals surface area contributed by atoms with E-state index in [1.165, 1.54) is 24.3 Å². The lowest BCUT2D eigenvalue weighted by molar-refractivity contribution is -0.118. The number of rotatable bonds is 8. The van der Waals surface area contributed by atoms with E-state index in [0.29, 0.717) is 29.4 Å². The topological polar surface area (TPSA) is 84.5 Å². The van der Waals surface area contributed by atoms with Gasteiger partial charge in [-0.25, -0.2) is 13.1 Å². The number of benzene rings is 2. The second kappa shape index (κ2) is 8.84. The molecule has 2 aromatic rings. The fourth-order valence-electron chi connectivity index (χ4n) is 1.95.